The average molecular weight is 234 g/mol. The minimum absolute atomic E-state index is 0. The van der Waals surface area contributed by atoms with Gasteiger partial charge in [-0.3, -0.25) is 4.79 Å². The molecule has 1 heterocycles. The third-order valence-corrected chi connectivity index (χ3v) is 3.46. The van der Waals surface area contributed by atoms with E-state index in [1.807, 2.05) is 11.4 Å². The first-order valence-corrected chi connectivity index (χ1v) is 5.11. The summed E-state index contributed by atoms with van der Waals surface area (Å²) >= 11 is 1.61. The van der Waals surface area contributed by atoms with Crippen LogP contribution in [0.3, 0.4) is 0 Å². The largest absolute Gasteiger partial charge is 0.481 e. The lowest BCUT2D eigenvalue weighted by Crippen LogP contribution is -2.27. The Morgan fingerprint density at radius 1 is 1.64 bits per heavy atom. The van der Waals surface area contributed by atoms with Gasteiger partial charge >= 0.3 is 5.97 Å². The number of fused-ring (bicyclic) bond motifs is 1. The van der Waals surface area contributed by atoms with Crippen molar-refractivity contribution in [1.82, 2.24) is 0 Å². The number of thiophene rings is 1. The van der Waals surface area contributed by atoms with E-state index in [-0.39, 0.29) is 24.4 Å². The monoisotopic (exact) mass is 233 g/mol. The van der Waals surface area contributed by atoms with Gasteiger partial charge in [0.2, 0.25) is 0 Å². The van der Waals surface area contributed by atoms with Gasteiger partial charge in [0.15, 0.2) is 0 Å². The normalized spacial score (nSPS) is 24.9. The van der Waals surface area contributed by atoms with Crippen molar-refractivity contribution in [2.24, 2.45) is 11.7 Å². The number of rotatable bonds is 1. The molecule has 3 nitrogen and oxygen atoms in total. The van der Waals surface area contributed by atoms with Crippen LogP contribution in [0.5, 0.6) is 0 Å². The van der Waals surface area contributed by atoms with Crippen LogP contribution in [0.4, 0.5) is 0 Å². The topological polar surface area (TPSA) is 63.3 Å². The smallest absolute Gasteiger partial charge is 0.306 e. The maximum atomic E-state index is 10.8. The standard InChI is InChI=1S/C9H11NO2S.ClH/c10-7-3-5(9(11)12)4-8-6(7)1-2-13-8;/h1-2,5,7H,3-4,10H2,(H,11,12);1H. The Kier molecular flexibility index (Phi) is 3.53. The summed E-state index contributed by atoms with van der Waals surface area (Å²) in [5.74, 6) is -1.02. The molecule has 0 saturated carbocycles. The van der Waals surface area contributed by atoms with Crippen LogP contribution in [0.15, 0.2) is 11.4 Å². The maximum Gasteiger partial charge on any atom is 0.306 e. The minimum Gasteiger partial charge on any atom is -0.481 e. The Balaban J connectivity index is 0.000000980. The Hall–Kier alpha value is -0.580. The zero-order valence-electron chi connectivity index (χ0n) is 7.47. The third kappa shape index (κ3) is 1.92. The van der Waals surface area contributed by atoms with Crippen LogP contribution in [-0.2, 0) is 11.2 Å². The van der Waals surface area contributed by atoms with Crippen molar-refractivity contribution in [1.29, 1.82) is 0 Å². The number of carbonyl (C=O) groups is 1. The molecule has 0 amide bonds. The van der Waals surface area contributed by atoms with Gasteiger partial charge in [-0.05, 0) is 29.9 Å². The van der Waals surface area contributed by atoms with Crippen LogP contribution in [0.2, 0.25) is 0 Å². The summed E-state index contributed by atoms with van der Waals surface area (Å²) in [5, 5.41) is 10.8. The van der Waals surface area contributed by atoms with Gasteiger partial charge in [-0.25, -0.2) is 0 Å². The third-order valence-electron chi connectivity index (χ3n) is 2.50. The van der Waals surface area contributed by atoms with Crippen LogP contribution in [0.25, 0.3) is 0 Å². The second-order valence-electron chi connectivity index (χ2n) is 3.38. The van der Waals surface area contributed by atoms with Gasteiger partial charge in [-0.15, -0.1) is 23.7 Å². The second kappa shape index (κ2) is 4.29. The summed E-state index contributed by atoms with van der Waals surface area (Å²) in [4.78, 5) is 11.9. The number of hydrogen-bond donors (Lipinski definition) is 2. The van der Waals surface area contributed by atoms with Crippen molar-refractivity contribution in [3.05, 3.63) is 21.9 Å². The molecule has 1 aliphatic carbocycles. The minimum atomic E-state index is -0.727. The summed E-state index contributed by atoms with van der Waals surface area (Å²) in [6, 6.07) is 1.92. The first-order valence-electron chi connectivity index (χ1n) is 4.23. The van der Waals surface area contributed by atoms with Gasteiger partial charge in [0, 0.05) is 10.9 Å². The molecule has 0 spiro atoms. The van der Waals surface area contributed by atoms with Gasteiger partial charge < -0.3 is 10.8 Å². The maximum absolute atomic E-state index is 10.8. The van der Waals surface area contributed by atoms with Gasteiger partial charge in [-0.2, -0.15) is 0 Å². The molecule has 0 bridgehead atoms. The lowest BCUT2D eigenvalue weighted by molar-refractivity contribution is -0.142. The predicted molar refractivity (Wildman–Crippen MR) is 57.9 cm³/mol. The fraction of sp³-hybridized carbons (Fsp3) is 0.444. The quantitative estimate of drug-likeness (QED) is 0.778. The number of carboxylic acid groups (broad SMARTS) is 1. The molecule has 5 heteroatoms. The Morgan fingerprint density at radius 2 is 2.36 bits per heavy atom. The van der Waals surface area contributed by atoms with E-state index in [4.69, 9.17) is 10.8 Å². The van der Waals surface area contributed by atoms with Crippen LogP contribution in [0.1, 0.15) is 22.9 Å². The van der Waals surface area contributed by atoms with Crippen molar-refractivity contribution in [2.45, 2.75) is 18.9 Å². The Morgan fingerprint density at radius 3 is 3.00 bits per heavy atom. The molecular weight excluding hydrogens is 222 g/mol. The zero-order valence-corrected chi connectivity index (χ0v) is 9.11. The molecule has 3 N–H and O–H groups in total. The van der Waals surface area contributed by atoms with Crippen molar-refractivity contribution in [3.63, 3.8) is 0 Å². The van der Waals surface area contributed by atoms with E-state index < -0.39 is 5.97 Å². The predicted octanol–water partition coefficient (Wildman–Crippen LogP) is 1.82. The molecule has 2 rings (SSSR count). The van der Waals surface area contributed by atoms with E-state index >= 15 is 0 Å². The molecule has 0 fully saturated rings. The lowest BCUT2D eigenvalue weighted by atomic mass is 9.86. The molecule has 2 unspecified atom stereocenters. The van der Waals surface area contributed by atoms with Crippen molar-refractivity contribution < 1.29 is 9.90 Å². The van der Waals surface area contributed by atoms with E-state index in [1.54, 1.807) is 11.3 Å². The fourth-order valence-corrected chi connectivity index (χ4v) is 2.81. The van der Waals surface area contributed by atoms with Crippen LogP contribution < -0.4 is 5.73 Å². The van der Waals surface area contributed by atoms with Crippen molar-refractivity contribution in [2.75, 3.05) is 0 Å². The molecule has 0 radical (unpaired) electrons. The summed E-state index contributed by atoms with van der Waals surface area (Å²) in [5.41, 5.74) is 7.00. The fourth-order valence-electron chi connectivity index (χ4n) is 1.78. The van der Waals surface area contributed by atoms with Gasteiger partial charge in [-0.1, -0.05) is 0 Å². The second-order valence-corrected chi connectivity index (χ2v) is 4.38. The Bertz CT molecular complexity index is 339. The number of nitrogens with two attached hydrogens (primary N) is 1. The molecule has 2 atom stereocenters. The molecule has 14 heavy (non-hydrogen) atoms. The molecular formula is C9H12ClNO2S. The van der Waals surface area contributed by atoms with E-state index in [0.717, 1.165) is 10.4 Å². The highest BCUT2D eigenvalue weighted by molar-refractivity contribution is 7.10. The number of hydrogen-bond acceptors (Lipinski definition) is 3. The molecule has 1 aromatic heterocycles. The van der Waals surface area contributed by atoms with Crippen LogP contribution in [0, 0.1) is 5.92 Å². The highest BCUT2D eigenvalue weighted by Gasteiger charge is 2.29. The zero-order chi connectivity index (χ0) is 9.42. The molecule has 1 aromatic rings. The Labute approximate surface area is 92.3 Å². The number of carboxylic acids is 1. The van der Waals surface area contributed by atoms with E-state index in [1.165, 1.54) is 0 Å². The van der Waals surface area contributed by atoms with Crippen LogP contribution >= 0.6 is 23.7 Å². The highest BCUT2D eigenvalue weighted by atomic mass is 35.5. The summed E-state index contributed by atoms with van der Waals surface area (Å²) in [7, 11) is 0. The van der Waals surface area contributed by atoms with Gasteiger partial charge in [0.05, 0.1) is 5.92 Å². The SMILES string of the molecule is Cl.NC1CC(C(=O)O)Cc2sccc21. The van der Waals surface area contributed by atoms with Gasteiger partial charge in [0.25, 0.3) is 0 Å². The van der Waals surface area contributed by atoms with Crippen molar-refractivity contribution in [3.8, 4) is 0 Å². The molecule has 0 aliphatic heterocycles. The average Bonchev–Trinajstić information content (AvgIpc) is 2.51. The number of halogens is 1. The molecule has 78 valence electrons. The van der Waals surface area contributed by atoms with Crippen molar-refractivity contribution >= 4 is 29.7 Å². The lowest BCUT2D eigenvalue weighted by Gasteiger charge is -2.23. The first kappa shape index (κ1) is 11.5. The molecule has 1 aliphatic rings. The number of aliphatic carboxylic acids is 1. The molecule has 0 aromatic carbocycles. The highest BCUT2D eigenvalue weighted by Crippen LogP contribution is 2.34. The van der Waals surface area contributed by atoms with E-state index in [2.05, 4.69) is 0 Å². The van der Waals surface area contributed by atoms with E-state index in [9.17, 15) is 4.79 Å². The first-order chi connectivity index (χ1) is 6.18. The summed E-state index contributed by atoms with van der Waals surface area (Å²) < 4.78 is 0. The van der Waals surface area contributed by atoms with Gasteiger partial charge in [0.1, 0.15) is 0 Å². The summed E-state index contributed by atoms with van der Waals surface area (Å²) in [6.07, 6.45) is 1.22. The van der Waals surface area contributed by atoms with Crippen LogP contribution in [-0.4, -0.2) is 11.1 Å². The summed E-state index contributed by atoms with van der Waals surface area (Å²) in [6.45, 7) is 0. The van der Waals surface area contributed by atoms with E-state index in [0.29, 0.717) is 12.8 Å². The molecule has 0 saturated heterocycles.